The molecule has 0 aliphatic carbocycles. The highest BCUT2D eigenvalue weighted by Gasteiger charge is 2.86. The first kappa shape index (κ1) is 20.4. The zero-order chi connectivity index (χ0) is 18.4. The Morgan fingerprint density at radius 1 is 0.818 bits per heavy atom. The van der Waals surface area contributed by atoms with Crippen LogP contribution in [0.4, 0.5) is 48.3 Å². The van der Waals surface area contributed by atoms with Gasteiger partial charge >= 0.3 is 35.6 Å². The van der Waals surface area contributed by atoms with Crippen molar-refractivity contribution in [2.45, 2.75) is 29.6 Å². The van der Waals surface area contributed by atoms with Crippen LogP contribution in [0.5, 0.6) is 0 Å². The first-order valence-electron chi connectivity index (χ1n) is 4.79. The van der Waals surface area contributed by atoms with Crippen LogP contribution in [0.15, 0.2) is 12.2 Å². The standard InChI is InChI=1S/C9H5F11O2/c1-3(4(21)22)6(13,14)8(17,18)9(19,20)7(15,16)5(11,12)2-10/h1-2H2,(H,21,22). The van der Waals surface area contributed by atoms with Crippen molar-refractivity contribution in [3.8, 4) is 0 Å². The molecule has 0 saturated heterocycles. The molecule has 0 spiro atoms. The van der Waals surface area contributed by atoms with Crippen molar-refractivity contribution < 1.29 is 58.2 Å². The number of hydrogen-bond donors (Lipinski definition) is 1. The Kier molecular flexibility index (Phi) is 4.89. The number of carboxylic acid groups (broad SMARTS) is 1. The third-order valence-corrected chi connectivity index (χ3v) is 2.45. The molecular formula is C9H5F11O2. The third-order valence-electron chi connectivity index (χ3n) is 2.45. The number of alkyl halides is 11. The van der Waals surface area contributed by atoms with Gasteiger partial charge in [0.25, 0.3) is 0 Å². The van der Waals surface area contributed by atoms with Crippen LogP contribution >= 0.6 is 0 Å². The van der Waals surface area contributed by atoms with Gasteiger partial charge < -0.3 is 5.11 Å². The summed E-state index contributed by atoms with van der Waals surface area (Å²) in [6.07, 6.45) is 0. The maximum atomic E-state index is 13.0. The lowest BCUT2D eigenvalue weighted by atomic mass is 9.91. The molecule has 0 unspecified atom stereocenters. The molecule has 0 radical (unpaired) electrons. The van der Waals surface area contributed by atoms with Crippen LogP contribution in [0.25, 0.3) is 0 Å². The molecule has 130 valence electrons. The molecule has 22 heavy (non-hydrogen) atoms. The first-order chi connectivity index (χ1) is 9.41. The minimum atomic E-state index is -7.50. The van der Waals surface area contributed by atoms with Crippen LogP contribution in [0.3, 0.4) is 0 Å². The minimum absolute atomic E-state index is 1.80. The molecule has 0 saturated carbocycles. The average Bonchev–Trinajstić information content (AvgIpc) is 2.36. The van der Waals surface area contributed by atoms with Crippen LogP contribution in [0, 0.1) is 0 Å². The minimum Gasteiger partial charge on any atom is -0.478 e. The van der Waals surface area contributed by atoms with Crippen molar-refractivity contribution in [1.82, 2.24) is 0 Å². The number of rotatable bonds is 7. The second kappa shape index (κ2) is 5.26. The lowest BCUT2D eigenvalue weighted by Gasteiger charge is -2.38. The molecule has 0 rings (SSSR count). The molecule has 0 aliphatic rings. The van der Waals surface area contributed by atoms with Crippen LogP contribution in [-0.2, 0) is 4.79 Å². The van der Waals surface area contributed by atoms with Crippen LogP contribution in [0.1, 0.15) is 0 Å². The van der Waals surface area contributed by atoms with E-state index in [-0.39, 0.29) is 0 Å². The van der Waals surface area contributed by atoms with Crippen LogP contribution < -0.4 is 0 Å². The molecule has 13 heteroatoms. The summed E-state index contributed by atoms with van der Waals surface area (Å²) in [6, 6.07) is 0. The molecule has 0 amide bonds. The number of aliphatic carboxylic acids is 1. The van der Waals surface area contributed by atoms with Gasteiger partial charge in [0, 0.05) is 0 Å². The molecular weight excluding hydrogens is 349 g/mol. The predicted molar refractivity (Wildman–Crippen MR) is 47.5 cm³/mol. The van der Waals surface area contributed by atoms with Gasteiger partial charge in [0.1, 0.15) is 5.57 Å². The summed E-state index contributed by atoms with van der Waals surface area (Å²) >= 11 is 0. The maximum Gasteiger partial charge on any atom is 0.384 e. The van der Waals surface area contributed by atoms with E-state index in [0.717, 1.165) is 0 Å². The third kappa shape index (κ3) is 2.49. The SMILES string of the molecule is C=C(C(=O)O)C(F)(F)C(F)(F)C(F)(F)C(F)(F)C(F)(F)CF. The molecule has 0 aromatic carbocycles. The van der Waals surface area contributed by atoms with Gasteiger partial charge in [-0.1, -0.05) is 6.58 Å². The van der Waals surface area contributed by atoms with Crippen molar-refractivity contribution in [2.75, 3.05) is 6.67 Å². The van der Waals surface area contributed by atoms with E-state index in [9.17, 15) is 53.1 Å². The Labute approximate surface area is 114 Å². The van der Waals surface area contributed by atoms with E-state index in [4.69, 9.17) is 5.11 Å². The van der Waals surface area contributed by atoms with Gasteiger partial charge in [0.15, 0.2) is 6.67 Å². The van der Waals surface area contributed by atoms with Crippen molar-refractivity contribution in [3.05, 3.63) is 12.2 Å². The van der Waals surface area contributed by atoms with Gasteiger partial charge in [-0.3, -0.25) is 0 Å². The first-order valence-corrected chi connectivity index (χ1v) is 4.79. The largest absolute Gasteiger partial charge is 0.478 e. The van der Waals surface area contributed by atoms with Crippen LogP contribution in [0.2, 0.25) is 0 Å². The molecule has 2 nitrogen and oxygen atoms in total. The summed E-state index contributed by atoms with van der Waals surface area (Å²) < 4.78 is 140. The lowest BCUT2D eigenvalue weighted by Crippen LogP contribution is -2.68. The summed E-state index contributed by atoms with van der Waals surface area (Å²) in [6.45, 7) is -1.76. The Hall–Kier alpha value is -1.56. The second-order valence-corrected chi connectivity index (χ2v) is 3.92. The normalized spacial score (nSPS) is 14.9. The van der Waals surface area contributed by atoms with E-state index in [1.54, 1.807) is 6.58 Å². The lowest BCUT2D eigenvalue weighted by molar-refractivity contribution is -0.396. The Balaban J connectivity index is 6.18. The van der Waals surface area contributed by atoms with Gasteiger partial charge in [-0.2, -0.15) is 43.9 Å². The predicted octanol–water partition coefficient (Wildman–Crippen LogP) is 3.77. The summed E-state index contributed by atoms with van der Waals surface area (Å²) in [5.74, 6) is -38.0. The van der Waals surface area contributed by atoms with Crippen molar-refractivity contribution in [2.24, 2.45) is 0 Å². The average molecular weight is 354 g/mol. The van der Waals surface area contributed by atoms with E-state index in [1.165, 1.54) is 0 Å². The van der Waals surface area contributed by atoms with Gasteiger partial charge in [-0.05, 0) is 0 Å². The molecule has 0 bridgehead atoms. The zero-order valence-corrected chi connectivity index (χ0v) is 9.93. The number of carbonyl (C=O) groups is 1. The number of hydrogen-bond acceptors (Lipinski definition) is 1. The molecule has 1 N–H and O–H groups in total. The van der Waals surface area contributed by atoms with Gasteiger partial charge in [-0.15, -0.1) is 0 Å². The van der Waals surface area contributed by atoms with E-state index in [0.29, 0.717) is 0 Å². The quantitative estimate of drug-likeness (QED) is 0.558. The second-order valence-electron chi connectivity index (χ2n) is 3.92. The van der Waals surface area contributed by atoms with Gasteiger partial charge in [-0.25, -0.2) is 9.18 Å². The molecule has 0 fully saturated rings. The van der Waals surface area contributed by atoms with Crippen molar-refractivity contribution >= 4 is 5.97 Å². The molecule has 0 aliphatic heterocycles. The topological polar surface area (TPSA) is 37.3 Å². The molecule has 0 aromatic rings. The molecule has 0 aromatic heterocycles. The Bertz CT molecular complexity index is 468. The van der Waals surface area contributed by atoms with E-state index in [1.807, 2.05) is 0 Å². The highest BCUT2D eigenvalue weighted by atomic mass is 19.4. The maximum absolute atomic E-state index is 13.0. The van der Waals surface area contributed by atoms with Gasteiger partial charge in [0.2, 0.25) is 0 Å². The zero-order valence-electron chi connectivity index (χ0n) is 9.93. The summed E-state index contributed by atoms with van der Waals surface area (Å²) in [5.41, 5.74) is -2.95. The summed E-state index contributed by atoms with van der Waals surface area (Å²) in [7, 11) is 0. The summed E-state index contributed by atoms with van der Waals surface area (Å²) in [4.78, 5) is 10.1. The highest BCUT2D eigenvalue weighted by Crippen LogP contribution is 2.58. The van der Waals surface area contributed by atoms with Crippen molar-refractivity contribution in [1.29, 1.82) is 0 Å². The van der Waals surface area contributed by atoms with E-state index < -0.39 is 47.8 Å². The number of carboxylic acids is 1. The highest BCUT2D eigenvalue weighted by molar-refractivity contribution is 5.88. The Morgan fingerprint density at radius 3 is 1.45 bits per heavy atom. The van der Waals surface area contributed by atoms with E-state index in [2.05, 4.69) is 0 Å². The fourth-order valence-electron chi connectivity index (χ4n) is 1.03. The Morgan fingerprint density at radius 2 is 1.18 bits per heavy atom. The smallest absolute Gasteiger partial charge is 0.384 e. The van der Waals surface area contributed by atoms with Crippen LogP contribution in [-0.4, -0.2) is 47.4 Å². The van der Waals surface area contributed by atoms with E-state index >= 15 is 0 Å². The van der Waals surface area contributed by atoms with Crippen molar-refractivity contribution in [3.63, 3.8) is 0 Å². The van der Waals surface area contributed by atoms with Gasteiger partial charge in [0.05, 0.1) is 0 Å². The molecule has 0 atom stereocenters. The summed E-state index contributed by atoms with van der Waals surface area (Å²) in [5, 5.41) is 8.00. The fraction of sp³-hybridized carbons (Fsp3) is 0.667. The number of halogens is 11. The fourth-order valence-corrected chi connectivity index (χ4v) is 1.03. The monoisotopic (exact) mass is 354 g/mol. The molecule has 0 heterocycles.